The molecule has 0 spiro atoms. The molecule has 19 heavy (non-hydrogen) atoms. The lowest BCUT2D eigenvalue weighted by atomic mass is 10.1. The molecule has 1 aromatic heterocycles. The molecule has 2 aliphatic heterocycles. The first-order valence-electron chi connectivity index (χ1n) is 6.61. The Hall–Kier alpha value is -1.27. The van der Waals surface area contributed by atoms with Crippen molar-refractivity contribution < 1.29 is 14.3 Å². The van der Waals surface area contributed by atoms with E-state index >= 15 is 0 Å². The Balaban J connectivity index is 1.61. The molecule has 0 aromatic carbocycles. The highest BCUT2D eigenvalue weighted by Gasteiger charge is 2.28. The van der Waals surface area contributed by atoms with Crippen LogP contribution in [0.25, 0.3) is 0 Å². The molecular formula is C13H18N2O3S. The summed E-state index contributed by atoms with van der Waals surface area (Å²) in [6, 6.07) is 0. The summed E-state index contributed by atoms with van der Waals surface area (Å²) < 4.78 is 11.2. The van der Waals surface area contributed by atoms with Crippen LogP contribution < -0.4 is 15.2 Å². The van der Waals surface area contributed by atoms with Gasteiger partial charge in [0.05, 0.1) is 4.88 Å². The highest BCUT2D eigenvalue weighted by molar-refractivity contribution is 7.10. The Morgan fingerprint density at radius 2 is 2.26 bits per heavy atom. The average molecular weight is 282 g/mol. The van der Waals surface area contributed by atoms with Crippen LogP contribution in [-0.4, -0.2) is 43.7 Å². The molecule has 1 saturated heterocycles. The van der Waals surface area contributed by atoms with E-state index in [2.05, 4.69) is 0 Å². The maximum absolute atomic E-state index is 11.8. The Morgan fingerprint density at radius 1 is 1.42 bits per heavy atom. The van der Waals surface area contributed by atoms with Crippen molar-refractivity contribution in [2.24, 2.45) is 11.7 Å². The predicted octanol–water partition coefficient (Wildman–Crippen LogP) is 0.869. The van der Waals surface area contributed by atoms with Crippen molar-refractivity contribution in [2.45, 2.75) is 12.8 Å². The summed E-state index contributed by atoms with van der Waals surface area (Å²) >= 11 is 1.64. The quantitative estimate of drug-likeness (QED) is 0.890. The lowest BCUT2D eigenvalue weighted by Crippen LogP contribution is -2.28. The van der Waals surface area contributed by atoms with Crippen molar-refractivity contribution in [3.05, 3.63) is 10.3 Å². The summed E-state index contributed by atoms with van der Waals surface area (Å²) in [5, 5.41) is 1.98. The van der Waals surface area contributed by atoms with Gasteiger partial charge in [0.1, 0.15) is 13.2 Å². The normalized spacial score (nSPS) is 22.1. The van der Waals surface area contributed by atoms with E-state index in [4.69, 9.17) is 15.2 Å². The molecule has 1 aromatic rings. The zero-order valence-corrected chi connectivity index (χ0v) is 11.6. The lowest BCUT2D eigenvalue weighted by Gasteiger charge is -2.18. The number of amides is 1. The van der Waals surface area contributed by atoms with Crippen LogP contribution in [-0.2, 0) is 11.2 Å². The third-order valence-corrected chi connectivity index (χ3v) is 4.62. The standard InChI is InChI=1S/C13H18N2O3S/c14-6-9-5-12(16)15(7-9)2-1-11-13-10(8-19-11)17-3-4-18-13/h8-9H,1-7,14H2. The smallest absolute Gasteiger partial charge is 0.222 e. The van der Waals surface area contributed by atoms with E-state index < -0.39 is 0 Å². The first-order valence-corrected chi connectivity index (χ1v) is 7.49. The number of nitrogens with zero attached hydrogens (tertiary/aromatic N) is 1. The van der Waals surface area contributed by atoms with Gasteiger partial charge in [-0.25, -0.2) is 0 Å². The first kappa shape index (κ1) is 12.7. The van der Waals surface area contributed by atoms with Crippen LogP contribution in [0.5, 0.6) is 11.5 Å². The van der Waals surface area contributed by atoms with E-state index in [1.165, 1.54) is 4.88 Å². The number of thiophene rings is 1. The monoisotopic (exact) mass is 282 g/mol. The molecule has 1 atom stereocenters. The SMILES string of the molecule is NCC1CC(=O)N(CCc2scc3c2OCCO3)C1. The predicted molar refractivity (Wildman–Crippen MR) is 72.8 cm³/mol. The molecule has 2 N–H and O–H groups in total. The Bertz CT molecular complexity index is 474. The minimum absolute atomic E-state index is 0.220. The van der Waals surface area contributed by atoms with Crippen LogP contribution in [0.3, 0.4) is 0 Å². The van der Waals surface area contributed by atoms with E-state index in [9.17, 15) is 4.79 Å². The zero-order chi connectivity index (χ0) is 13.2. The van der Waals surface area contributed by atoms with Crippen LogP contribution in [0.1, 0.15) is 11.3 Å². The molecule has 0 saturated carbocycles. The Kier molecular flexibility index (Phi) is 3.61. The number of hydrogen-bond acceptors (Lipinski definition) is 5. The number of rotatable bonds is 4. The van der Waals surface area contributed by atoms with Gasteiger partial charge in [-0.2, -0.15) is 0 Å². The van der Waals surface area contributed by atoms with Gasteiger partial charge in [-0.3, -0.25) is 4.79 Å². The molecule has 3 rings (SSSR count). The van der Waals surface area contributed by atoms with Crippen LogP contribution in [0.2, 0.25) is 0 Å². The molecule has 0 radical (unpaired) electrons. The molecular weight excluding hydrogens is 264 g/mol. The van der Waals surface area contributed by atoms with Crippen LogP contribution in [0, 0.1) is 5.92 Å². The molecule has 0 aliphatic carbocycles. The summed E-state index contributed by atoms with van der Waals surface area (Å²) in [6.45, 7) is 3.35. The van der Waals surface area contributed by atoms with Gasteiger partial charge in [0, 0.05) is 31.3 Å². The van der Waals surface area contributed by atoms with Crippen molar-refractivity contribution in [3.63, 3.8) is 0 Å². The number of ether oxygens (including phenoxy) is 2. The zero-order valence-electron chi connectivity index (χ0n) is 10.8. The topological polar surface area (TPSA) is 64.8 Å². The second kappa shape index (κ2) is 5.38. The van der Waals surface area contributed by atoms with E-state index in [1.807, 2.05) is 10.3 Å². The van der Waals surface area contributed by atoms with Crippen molar-refractivity contribution in [2.75, 3.05) is 32.8 Å². The summed E-state index contributed by atoms with van der Waals surface area (Å²) in [4.78, 5) is 14.9. The van der Waals surface area contributed by atoms with E-state index in [0.717, 1.165) is 31.0 Å². The molecule has 3 heterocycles. The summed E-state index contributed by atoms with van der Waals surface area (Å²) in [7, 11) is 0. The second-order valence-corrected chi connectivity index (χ2v) is 5.91. The summed E-state index contributed by atoms with van der Waals surface area (Å²) in [5.74, 6) is 2.26. The van der Waals surface area contributed by atoms with Gasteiger partial charge in [-0.1, -0.05) is 0 Å². The van der Waals surface area contributed by atoms with Crippen LogP contribution in [0.4, 0.5) is 0 Å². The fourth-order valence-electron chi connectivity index (χ4n) is 2.55. The number of hydrogen-bond donors (Lipinski definition) is 1. The van der Waals surface area contributed by atoms with Gasteiger partial charge >= 0.3 is 0 Å². The summed E-state index contributed by atoms with van der Waals surface area (Å²) in [6.07, 6.45) is 1.42. The van der Waals surface area contributed by atoms with Crippen molar-refractivity contribution >= 4 is 17.2 Å². The first-order chi connectivity index (χ1) is 9.28. The minimum Gasteiger partial charge on any atom is -0.485 e. The highest BCUT2D eigenvalue weighted by Crippen LogP contribution is 2.39. The largest absolute Gasteiger partial charge is 0.485 e. The van der Waals surface area contributed by atoms with Crippen LogP contribution in [0.15, 0.2) is 5.38 Å². The summed E-state index contributed by atoms with van der Waals surface area (Å²) in [5.41, 5.74) is 5.63. The van der Waals surface area contributed by atoms with Gasteiger partial charge in [0.25, 0.3) is 0 Å². The van der Waals surface area contributed by atoms with E-state index in [-0.39, 0.29) is 5.91 Å². The molecule has 0 bridgehead atoms. The lowest BCUT2D eigenvalue weighted by molar-refractivity contribution is -0.127. The highest BCUT2D eigenvalue weighted by atomic mass is 32.1. The molecule has 104 valence electrons. The fourth-order valence-corrected chi connectivity index (χ4v) is 3.45. The molecule has 1 fully saturated rings. The fraction of sp³-hybridized carbons (Fsp3) is 0.615. The maximum atomic E-state index is 11.8. The van der Waals surface area contributed by atoms with Crippen molar-refractivity contribution in [3.8, 4) is 11.5 Å². The molecule has 1 unspecified atom stereocenters. The van der Waals surface area contributed by atoms with Crippen LogP contribution >= 0.6 is 11.3 Å². The van der Waals surface area contributed by atoms with Crippen molar-refractivity contribution in [1.82, 2.24) is 4.90 Å². The maximum Gasteiger partial charge on any atom is 0.222 e. The molecule has 2 aliphatic rings. The van der Waals surface area contributed by atoms with Crippen molar-refractivity contribution in [1.29, 1.82) is 0 Å². The van der Waals surface area contributed by atoms with Gasteiger partial charge in [0.15, 0.2) is 11.5 Å². The van der Waals surface area contributed by atoms with Gasteiger partial charge in [-0.05, 0) is 12.5 Å². The van der Waals surface area contributed by atoms with Gasteiger partial charge in [-0.15, -0.1) is 11.3 Å². The number of likely N-dealkylation sites (tertiary alicyclic amines) is 1. The van der Waals surface area contributed by atoms with Gasteiger partial charge < -0.3 is 20.1 Å². The average Bonchev–Trinajstić information content (AvgIpc) is 3.00. The second-order valence-electron chi connectivity index (χ2n) is 4.94. The number of carbonyl (C=O) groups is 1. The minimum atomic E-state index is 0.220. The third-order valence-electron chi connectivity index (χ3n) is 3.61. The van der Waals surface area contributed by atoms with E-state index in [0.29, 0.717) is 32.1 Å². The third kappa shape index (κ3) is 2.55. The molecule has 6 heteroatoms. The number of nitrogens with two attached hydrogens (primary N) is 1. The number of carbonyl (C=O) groups excluding carboxylic acids is 1. The Morgan fingerprint density at radius 3 is 3.05 bits per heavy atom. The Labute approximate surface area is 116 Å². The molecule has 1 amide bonds. The number of fused-ring (bicyclic) bond motifs is 1. The molecule has 5 nitrogen and oxygen atoms in total. The van der Waals surface area contributed by atoms with E-state index in [1.54, 1.807) is 11.3 Å². The van der Waals surface area contributed by atoms with Gasteiger partial charge in [0.2, 0.25) is 5.91 Å².